The van der Waals surface area contributed by atoms with E-state index in [1.165, 1.54) is 63.4 Å². The summed E-state index contributed by atoms with van der Waals surface area (Å²) < 4.78 is 1.97. The van der Waals surface area contributed by atoms with Gasteiger partial charge < -0.3 is 0 Å². The first-order valence-electron chi connectivity index (χ1n) is 7.78. The largest absolute Gasteiger partial charge is 0.0819 e. The number of hydrogen-bond acceptors (Lipinski definition) is 0. The molecule has 0 N–H and O–H groups in total. The van der Waals surface area contributed by atoms with Gasteiger partial charge in [0.25, 0.3) is 0 Å². The van der Waals surface area contributed by atoms with Crippen LogP contribution in [-0.2, 0) is 6.42 Å². The van der Waals surface area contributed by atoms with Crippen LogP contribution in [0, 0.1) is 0 Å². The highest BCUT2D eigenvalue weighted by Gasteiger charge is 2.04. The van der Waals surface area contributed by atoms with Crippen molar-refractivity contribution >= 4 is 43.5 Å². The van der Waals surface area contributed by atoms with E-state index < -0.39 is 0 Å². The Morgan fingerprint density at radius 3 is 1.75 bits per heavy atom. The number of unbranched alkanes of at least 4 members (excludes halogenated alkanes) is 8. The lowest BCUT2D eigenvalue weighted by atomic mass is 10.0. The Morgan fingerprint density at radius 2 is 1.25 bits per heavy atom. The van der Waals surface area contributed by atoms with Crippen molar-refractivity contribution in [3.8, 4) is 0 Å². The molecular formula is C17H25Br2Cl. The molecule has 3 heteroatoms. The predicted octanol–water partition coefficient (Wildman–Crippen LogP) is 7.94. The molecule has 0 aliphatic heterocycles. The summed E-state index contributed by atoms with van der Waals surface area (Å²) in [5.41, 5.74) is 1.36. The quantitative estimate of drug-likeness (QED) is 0.264. The molecule has 0 atom stereocenters. The Bertz CT molecular complexity index is 368. The molecule has 1 rings (SSSR count). The van der Waals surface area contributed by atoms with Gasteiger partial charge in [-0.2, -0.15) is 0 Å². The van der Waals surface area contributed by atoms with Crippen LogP contribution in [0.2, 0.25) is 5.02 Å². The monoisotopic (exact) mass is 422 g/mol. The second-order valence-electron chi connectivity index (χ2n) is 5.45. The maximum Gasteiger partial charge on any atom is 0.0690 e. The molecule has 0 saturated carbocycles. The molecule has 20 heavy (non-hydrogen) atoms. The van der Waals surface area contributed by atoms with Gasteiger partial charge in [0.1, 0.15) is 0 Å². The molecule has 0 saturated heterocycles. The summed E-state index contributed by atoms with van der Waals surface area (Å²) in [4.78, 5) is 0. The fourth-order valence-electron chi connectivity index (χ4n) is 2.39. The van der Waals surface area contributed by atoms with E-state index in [1.807, 2.05) is 0 Å². The minimum absolute atomic E-state index is 0.765. The van der Waals surface area contributed by atoms with Crippen LogP contribution in [0.3, 0.4) is 0 Å². The molecule has 0 unspecified atom stereocenters. The number of rotatable bonds is 10. The fraction of sp³-hybridized carbons (Fsp3) is 0.647. The van der Waals surface area contributed by atoms with Gasteiger partial charge in [-0.1, -0.05) is 69.9 Å². The van der Waals surface area contributed by atoms with E-state index in [0.29, 0.717) is 0 Å². The summed E-state index contributed by atoms with van der Waals surface area (Å²) in [5.74, 6) is 0. The van der Waals surface area contributed by atoms with Gasteiger partial charge in [-0.05, 0) is 62.4 Å². The van der Waals surface area contributed by atoms with Gasteiger partial charge in [-0.3, -0.25) is 0 Å². The van der Waals surface area contributed by atoms with Gasteiger partial charge in [-0.25, -0.2) is 0 Å². The molecule has 0 spiro atoms. The molecule has 1 aromatic carbocycles. The Morgan fingerprint density at radius 1 is 0.800 bits per heavy atom. The van der Waals surface area contributed by atoms with E-state index in [-0.39, 0.29) is 0 Å². The average molecular weight is 425 g/mol. The van der Waals surface area contributed by atoms with Crippen molar-refractivity contribution in [1.29, 1.82) is 0 Å². The SMILES string of the molecule is CCCCCCCCCCCc1cc(Br)c(Cl)c(Br)c1. The van der Waals surface area contributed by atoms with Crippen LogP contribution >= 0.6 is 43.5 Å². The molecule has 0 aliphatic rings. The van der Waals surface area contributed by atoms with Crippen LogP contribution in [0.15, 0.2) is 21.1 Å². The van der Waals surface area contributed by atoms with Crippen molar-refractivity contribution in [2.24, 2.45) is 0 Å². The summed E-state index contributed by atoms with van der Waals surface area (Å²) in [6.45, 7) is 2.27. The van der Waals surface area contributed by atoms with Crippen molar-refractivity contribution < 1.29 is 0 Å². The van der Waals surface area contributed by atoms with Gasteiger partial charge in [-0.15, -0.1) is 0 Å². The summed E-state index contributed by atoms with van der Waals surface area (Å²) >= 11 is 13.1. The van der Waals surface area contributed by atoms with Crippen LogP contribution in [-0.4, -0.2) is 0 Å². The normalized spacial score (nSPS) is 11.0. The number of aryl methyl sites for hydroxylation is 1. The molecule has 0 nitrogen and oxygen atoms in total. The van der Waals surface area contributed by atoms with Crippen LogP contribution in [0.25, 0.3) is 0 Å². The van der Waals surface area contributed by atoms with Gasteiger partial charge >= 0.3 is 0 Å². The topological polar surface area (TPSA) is 0 Å². The smallest absolute Gasteiger partial charge is 0.0690 e. The van der Waals surface area contributed by atoms with E-state index in [1.54, 1.807) is 0 Å². The van der Waals surface area contributed by atoms with Gasteiger partial charge in [0.05, 0.1) is 5.02 Å². The lowest BCUT2D eigenvalue weighted by Gasteiger charge is -2.06. The van der Waals surface area contributed by atoms with E-state index in [9.17, 15) is 0 Å². The third-order valence-electron chi connectivity index (χ3n) is 3.61. The molecule has 0 heterocycles. The summed E-state index contributed by atoms with van der Waals surface area (Å²) in [6, 6.07) is 4.27. The first kappa shape index (κ1) is 18.5. The van der Waals surface area contributed by atoms with Crippen molar-refractivity contribution in [3.63, 3.8) is 0 Å². The number of benzene rings is 1. The predicted molar refractivity (Wildman–Crippen MR) is 97.8 cm³/mol. The molecule has 1 aromatic rings. The van der Waals surface area contributed by atoms with Crippen LogP contribution in [0.4, 0.5) is 0 Å². The number of halogens is 3. The highest BCUT2D eigenvalue weighted by molar-refractivity contribution is 9.11. The Hall–Kier alpha value is 0.470. The van der Waals surface area contributed by atoms with Gasteiger partial charge in [0.2, 0.25) is 0 Å². The number of hydrogen-bond donors (Lipinski definition) is 0. The average Bonchev–Trinajstić information content (AvgIpc) is 2.43. The first-order valence-corrected chi connectivity index (χ1v) is 9.75. The standard InChI is InChI=1S/C17H25Br2Cl/c1-2-3-4-5-6-7-8-9-10-11-14-12-15(18)17(20)16(19)13-14/h12-13H,2-11H2,1H3. The van der Waals surface area contributed by atoms with E-state index >= 15 is 0 Å². The Kier molecular flexibility index (Phi) is 10.3. The highest BCUT2D eigenvalue weighted by Crippen LogP contribution is 2.32. The van der Waals surface area contributed by atoms with Crippen molar-refractivity contribution in [2.45, 2.75) is 71.1 Å². The van der Waals surface area contributed by atoms with E-state index in [2.05, 4.69) is 50.9 Å². The second kappa shape index (κ2) is 11.1. The summed E-state index contributed by atoms with van der Waals surface area (Å²) in [5, 5.41) is 0.765. The third-order valence-corrected chi connectivity index (χ3v) is 5.73. The van der Waals surface area contributed by atoms with Crippen molar-refractivity contribution in [3.05, 3.63) is 31.7 Å². The zero-order valence-electron chi connectivity index (χ0n) is 12.4. The van der Waals surface area contributed by atoms with Crippen LogP contribution < -0.4 is 0 Å². The first-order chi connectivity index (χ1) is 9.65. The zero-order chi connectivity index (χ0) is 14.8. The van der Waals surface area contributed by atoms with Gasteiger partial charge in [0, 0.05) is 8.95 Å². The molecule has 0 aliphatic carbocycles. The maximum atomic E-state index is 6.11. The maximum absolute atomic E-state index is 6.11. The second-order valence-corrected chi connectivity index (χ2v) is 7.54. The summed E-state index contributed by atoms with van der Waals surface area (Å²) in [7, 11) is 0. The highest BCUT2D eigenvalue weighted by atomic mass is 79.9. The molecule has 114 valence electrons. The molecule has 0 amide bonds. The zero-order valence-corrected chi connectivity index (χ0v) is 16.3. The van der Waals surface area contributed by atoms with E-state index in [4.69, 9.17) is 11.6 Å². The van der Waals surface area contributed by atoms with Crippen LogP contribution in [0.5, 0.6) is 0 Å². The molecule has 0 radical (unpaired) electrons. The van der Waals surface area contributed by atoms with E-state index in [0.717, 1.165) is 20.4 Å². The minimum atomic E-state index is 0.765. The molecular weight excluding hydrogens is 399 g/mol. The molecule has 0 aromatic heterocycles. The lowest BCUT2D eigenvalue weighted by molar-refractivity contribution is 0.565. The minimum Gasteiger partial charge on any atom is -0.0819 e. The Balaban J connectivity index is 2.10. The molecule has 0 bridgehead atoms. The fourth-order valence-corrected chi connectivity index (χ4v) is 3.78. The lowest BCUT2D eigenvalue weighted by Crippen LogP contribution is -1.88. The molecule has 0 fully saturated rings. The van der Waals surface area contributed by atoms with Gasteiger partial charge in [0.15, 0.2) is 0 Å². The van der Waals surface area contributed by atoms with Crippen LogP contribution in [0.1, 0.15) is 70.3 Å². The van der Waals surface area contributed by atoms with Crippen molar-refractivity contribution in [2.75, 3.05) is 0 Å². The summed E-state index contributed by atoms with van der Waals surface area (Å²) in [6.07, 6.45) is 13.5. The van der Waals surface area contributed by atoms with Crippen molar-refractivity contribution in [1.82, 2.24) is 0 Å². The Labute approximate surface area is 145 Å². The third kappa shape index (κ3) is 7.47.